The van der Waals surface area contributed by atoms with E-state index >= 15 is 0 Å². The highest BCUT2D eigenvalue weighted by Crippen LogP contribution is 1.80. The molecule has 0 amide bonds. The predicted octanol–water partition coefficient (Wildman–Crippen LogP) is -0.249. The van der Waals surface area contributed by atoms with Gasteiger partial charge in [-0.1, -0.05) is 0 Å². The highest BCUT2D eigenvalue weighted by molar-refractivity contribution is 4.30. The van der Waals surface area contributed by atoms with E-state index in [4.69, 9.17) is 17.1 Å². The fourth-order valence-corrected chi connectivity index (χ4v) is 0.0913. The van der Waals surface area contributed by atoms with Gasteiger partial charge in [-0.25, -0.2) is 0 Å². The minimum absolute atomic E-state index is 0.826. The molecule has 6 heavy (non-hydrogen) atoms. The molecular weight excluding hydrogens is 80.0 g/mol. The van der Waals surface area contributed by atoms with Gasteiger partial charge in [0.15, 0.2) is 0 Å². The highest BCUT2D eigenvalue weighted by Gasteiger charge is 1.77. The van der Waals surface area contributed by atoms with Crippen LogP contribution in [0.5, 0.6) is 0 Å². The molecule has 0 radical (unpaired) electrons. The minimum atomic E-state index is -3.10. The Kier molecular flexibility index (Phi) is 1.19. The Bertz CT molecular complexity index is 131. The normalized spacial score (nSPS) is 31.3. The zero-order valence-electron chi connectivity index (χ0n) is 8.18. The van der Waals surface area contributed by atoms with E-state index in [1.54, 1.807) is 0 Å². The van der Waals surface area contributed by atoms with Crippen LogP contribution in [0.4, 0.5) is 0 Å². The number of aliphatic hydroxyl groups is 2. The van der Waals surface area contributed by atoms with Gasteiger partial charge >= 0.3 is 0 Å². The van der Waals surface area contributed by atoms with Crippen molar-refractivity contribution < 1.29 is 17.1 Å². The van der Waals surface area contributed by atoms with Gasteiger partial charge in [0.05, 0.1) is 2.74 Å². The maximum Gasteiger partial charge on any atom is 0.0564 e. The van der Waals surface area contributed by atoms with Gasteiger partial charge < -0.3 is 10.2 Å². The molecule has 2 heteroatoms. The lowest BCUT2D eigenvalue weighted by Crippen LogP contribution is -1.85. The van der Waals surface area contributed by atoms with Crippen molar-refractivity contribution in [2.24, 2.45) is 0 Å². The first-order valence-corrected chi connectivity index (χ1v) is 1.49. The Morgan fingerprint density at radius 1 is 1.50 bits per heavy atom. The molecule has 0 spiro atoms. The van der Waals surface area contributed by atoms with Crippen molar-refractivity contribution >= 4 is 0 Å². The molecule has 2 nitrogen and oxygen atoms in total. The van der Waals surface area contributed by atoms with Crippen molar-refractivity contribution in [2.75, 3.05) is 13.2 Å². The molecule has 0 fully saturated rings. The summed E-state index contributed by atoms with van der Waals surface area (Å²) in [5, 5.41) is 16.9. The van der Waals surface area contributed by atoms with Crippen molar-refractivity contribution in [1.82, 2.24) is 0 Å². The molecule has 0 aromatic carbocycles. The first-order valence-electron chi connectivity index (χ1n) is 4.06. The standard InChI is InChI=1S/C4H10O2/c5-3-1-2-4-6/h5-6H,1-4H2/i1D,2D2,4D2. The third-order valence-corrected chi connectivity index (χ3v) is 0.258. The van der Waals surface area contributed by atoms with Crippen LogP contribution in [0.3, 0.4) is 0 Å². The van der Waals surface area contributed by atoms with E-state index in [1.807, 2.05) is 0 Å². The lowest BCUT2D eigenvalue weighted by Gasteiger charge is -1.85. The van der Waals surface area contributed by atoms with Crippen molar-refractivity contribution in [3.05, 3.63) is 0 Å². The van der Waals surface area contributed by atoms with E-state index in [0.717, 1.165) is 0 Å². The summed E-state index contributed by atoms with van der Waals surface area (Å²) in [6.07, 6.45) is -4.43. The summed E-state index contributed by atoms with van der Waals surface area (Å²) in [6.45, 7) is -3.92. The third-order valence-electron chi connectivity index (χ3n) is 0.258. The van der Waals surface area contributed by atoms with Gasteiger partial charge in [-0.2, -0.15) is 0 Å². The van der Waals surface area contributed by atoms with Gasteiger partial charge in [0, 0.05) is 17.3 Å². The van der Waals surface area contributed by atoms with Crippen LogP contribution in [-0.4, -0.2) is 23.4 Å². The highest BCUT2D eigenvalue weighted by atomic mass is 16.3. The molecule has 0 aliphatic rings. The summed E-state index contributed by atoms with van der Waals surface area (Å²) >= 11 is 0. The summed E-state index contributed by atoms with van der Waals surface area (Å²) in [5.74, 6) is 0. The van der Waals surface area contributed by atoms with E-state index in [0.29, 0.717) is 0 Å². The number of hydrogen-bond donors (Lipinski definition) is 2. The molecular formula is C4H10O2. The Hall–Kier alpha value is -0.0800. The Labute approximate surface area is 44.4 Å². The first kappa shape index (κ1) is 1.46. The first-order chi connectivity index (χ1) is 4.73. The van der Waals surface area contributed by atoms with E-state index in [9.17, 15) is 0 Å². The van der Waals surface area contributed by atoms with Crippen LogP contribution in [0, 0.1) is 0 Å². The van der Waals surface area contributed by atoms with Gasteiger partial charge in [-0.3, -0.25) is 0 Å². The summed E-state index contributed by atoms with van der Waals surface area (Å²) in [5.41, 5.74) is 0. The summed E-state index contributed by atoms with van der Waals surface area (Å²) in [6, 6.07) is 0. The molecule has 38 valence electrons. The van der Waals surface area contributed by atoms with Crippen LogP contribution in [0.15, 0.2) is 0 Å². The average Bonchev–Trinajstić information content (AvgIpc) is 1.83. The lowest BCUT2D eigenvalue weighted by atomic mass is 10.3. The Morgan fingerprint density at radius 2 is 2.17 bits per heavy atom. The molecule has 0 saturated carbocycles. The second-order valence-corrected chi connectivity index (χ2v) is 0.643. The monoisotopic (exact) mass is 95.1 g/mol. The Morgan fingerprint density at radius 3 is 2.33 bits per heavy atom. The van der Waals surface area contributed by atoms with Crippen molar-refractivity contribution in [3.8, 4) is 0 Å². The average molecular weight is 95.2 g/mol. The van der Waals surface area contributed by atoms with E-state index in [1.165, 1.54) is 0 Å². The largest absolute Gasteiger partial charge is 0.396 e. The van der Waals surface area contributed by atoms with Crippen LogP contribution in [0.25, 0.3) is 0 Å². The number of aliphatic hydroxyl groups excluding tert-OH is 1. The summed E-state index contributed by atoms with van der Waals surface area (Å²) < 4.78 is 33.8. The molecule has 0 rings (SSSR count). The van der Waals surface area contributed by atoms with Gasteiger partial charge in [0.1, 0.15) is 0 Å². The second-order valence-electron chi connectivity index (χ2n) is 0.643. The molecule has 1 unspecified atom stereocenters. The smallest absolute Gasteiger partial charge is 0.0564 e. The molecule has 0 heterocycles. The molecule has 2 N–H and O–H groups in total. The number of hydrogen-bond acceptors (Lipinski definition) is 2. The van der Waals surface area contributed by atoms with Crippen LogP contribution < -0.4 is 0 Å². The molecule has 0 aliphatic carbocycles. The van der Waals surface area contributed by atoms with Crippen LogP contribution in [0.2, 0.25) is 0 Å². The van der Waals surface area contributed by atoms with E-state index in [-0.39, 0.29) is 0 Å². The molecule has 0 bridgehead atoms. The molecule has 0 saturated heterocycles. The van der Waals surface area contributed by atoms with Crippen molar-refractivity contribution in [3.63, 3.8) is 0 Å². The van der Waals surface area contributed by atoms with Gasteiger partial charge in [-0.05, 0) is 12.8 Å². The molecule has 0 aromatic heterocycles. The van der Waals surface area contributed by atoms with Crippen molar-refractivity contribution in [2.45, 2.75) is 12.8 Å². The van der Waals surface area contributed by atoms with Crippen LogP contribution in [0.1, 0.15) is 19.6 Å². The third kappa shape index (κ3) is 3.92. The lowest BCUT2D eigenvalue weighted by molar-refractivity contribution is 0.242. The fourth-order valence-electron chi connectivity index (χ4n) is 0.0913. The van der Waals surface area contributed by atoms with Crippen molar-refractivity contribution in [1.29, 1.82) is 0 Å². The molecule has 1 atom stereocenters. The maximum atomic E-state index is 8.57. The van der Waals surface area contributed by atoms with E-state index in [2.05, 4.69) is 0 Å². The SMILES string of the molecule is [2H]C(CO)C([2H])([2H])C([2H])([2H])O. The summed E-state index contributed by atoms with van der Waals surface area (Å²) in [7, 11) is 0. The van der Waals surface area contributed by atoms with E-state index < -0.39 is 25.9 Å². The maximum absolute atomic E-state index is 8.57. The molecule has 0 aliphatic heterocycles. The predicted molar refractivity (Wildman–Crippen MR) is 23.4 cm³/mol. The van der Waals surface area contributed by atoms with Crippen LogP contribution in [-0.2, 0) is 0 Å². The van der Waals surface area contributed by atoms with Gasteiger partial charge in [0.2, 0.25) is 0 Å². The molecule has 0 aromatic rings. The van der Waals surface area contributed by atoms with Gasteiger partial charge in [-0.15, -0.1) is 0 Å². The fraction of sp³-hybridized carbons (Fsp3) is 1.00. The Balaban J connectivity index is 4.45. The zero-order chi connectivity index (χ0) is 9.28. The van der Waals surface area contributed by atoms with Crippen LogP contribution >= 0.6 is 0 Å². The van der Waals surface area contributed by atoms with Gasteiger partial charge in [0.25, 0.3) is 0 Å². The minimum Gasteiger partial charge on any atom is -0.396 e. The summed E-state index contributed by atoms with van der Waals surface area (Å²) in [4.78, 5) is 0. The second kappa shape index (κ2) is 4.92. The number of rotatable bonds is 3. The quantitative estimate of drug-likeness (QED) is 0.507. The topological polar surface area (TPSA) is 40.5 Å². The zero-order valence-corrected chi connectivity index (χ0v) is 3.18.